The maximum atomic E-state index is 12.0. The molecule has 1 N–H and O–H groups in total. The van der Waals surface area contributed by atoms with Crippen molar-refractivity contribution in [3.05, 3.63) is 14.7 Å². The van der Waals surface area contributed by atoms with Gasteiger partial charge in [0.15, 0.2) is 0 Å². The Hall–Kier alpha value is -0.340. The predicted molar refractivity (Wildman–Crippen MR) is 64.2 cm³/mol. The molecule has 0 radical (unpaired) electrons. The van der Waals surface area contributed by atoms with Gasteiger partial charge in [0.05, 0.1) is 10.3 Å². The number of nitrogens with zero attached hydrogens (tertiary/aromatic N) is 1. The Balaban J connectivity index is 2.22. The Kier molecular flexibility index (Phi) is 3.39. The molecule has 0 bridgehead atoms. The van der Waals surface area contributed by atoms with Crippen LogP contribution in [0, 0.1) is 5.92 Å². The standard InChI is InChI=1S/C8H7Cl2NO4S2/c9-6-1-5(7(10)16-6)17(14,15)11-2-4(3-11)8(12)13/h1,4H,2-3H2,(H,12,13). The van der Waals surface area contributed by atoms with Gasteiger partial charge in [0, 0.05) is 13.1 Å². The average Bonchev–Trinajstić information content (AvgIpc) is 2.41. The fraction of sp³-hybridized carbons (Fsp3) is 0.375. The van der Waals surface area contributed by atoms with Crippen molar-refractivity contribution in [3.8, 4) is 0 Å². The maximum Gasteiger partial charge on any atom is 0.309 e. The zero-order chi connectivity index (χ0) is 12.8. The lowest BCUT2D eigenvalue weighted by Gasteiger charge is -2.35. The quantitative estimate of drug-likeness (QED) is 0.922. The van der Waals surface area contributed by atoms with E-state index in [2.05, 4.69) is 0 Å². The Labute approximate surface area is 112 Å². The van der Waals surface area contributed by atoms with E-state index in [1.54, 1.807) is 0 Å². The van der Waals surface area contributed by atoms with E-state index >= 15 is 0 Å². The highest BCUT2D eigenvalue weighted by Crippen LogP contribution is 2.37. The highest BCUT2D eigenvalue weighted by molar-refractivity contribution is 7.89. The third-order valence-corrected chi connectivity index (χ3v) is 6.03. The Morgan fingerprint density at radius 1 is 1.47 bits per heavy atom. The van der Waals surface area contributed by atoms with E-state index in [-0.39, 0.29) is 26.7 Å². The van der Waals surface area contributed by atoms with Crippen molar-refractivity contribution >= 4 is 50.5 Å². The molecule has 9 heteroatoms. The second-order valence-corrected chi connectivity index (χ2v) is 7.74. The molecule has 5 nitrogen and oxygen atoms in total. The molecule has 94 valence electrons. The molecule has 0 unspecified atom stereocenters. The third-order valence-electron chi connectivity index (χ3n) is 2.44. The average molecular weight is 316 g/mol. The summed E-state index contributed by atoms with van der Waals surface area (Å²) in [5.41, 5.74) is 0. The highest BCUT2D eigenvalue weighted by Gasteiger charge is 2.41. The molecule has 1 aromatic rings. The molecule has 0 aromatic carbocycles. The molecule has 1 aromatic heterocycles. The molecule has 2 rings (SSSR count). The van der Waals surface area contributed by atoms with Crippen LogP contribution < -0.4 is 0 Å². The first-order valence-corrected chi connectivity index (χ1v) is 7.51. The predicted octanol–water partition coefficient (Wildman–Crippen LogP) is 1.76. The number of carboxylic acid groups (broad SMARTS) is 1. The van der Waals surface area contributed by atoms with Gasteiger partial charge in [-0.1, -0.05) is 23.2 Å². The minimum atomic E-state index is -3.71. The van der Waals surface area contributed by atoms with Crippen molar-refractivity contribution < 1.29 is 18.3 Å². The van der Waals surface area contributed by atoms with E-state index in [9.17, 15) is 13.2 Å². The van der Waals surface area contributed by atoms with Gasteiger partial charge in [-0.2, -0.15) is 4.31 Å². The second-order valence-electron chi connectivity index (χ2n) is 3.55. The second kappa shape index (κ2) is 4.40. The van der Waals surface area contributed by atoms with Crippen LogP contribution in [0.1, 0.15) is 0 Å². The number of sulfonamides is 1. The first-order valence-electron chi connectivity index (χ1n) is 4.50. The summed E-state index contributed by atoms with van der Waals surface area (Å²) in [6, 6.07) is 1.28. The SMILES string of the molecule is O=C(O)C1CN(S(=O)(=O)c2cc(Cl)sc2Cl)C1. The Bertz CT molecular complexity index is 562. The lowest BCUT2D eigenvalue weighted by Crippen LogP contribution is -2.52. The zero-order valence-corrected chi connectivity index (χ0v) is 11.4. The smallest absolute Gasteiger partial charge is 0.309 e. The number of carbonyl (C=O) groups is 1. The first kappa shape index (κ1) is 13.1. The number of rotatable bonds is 3. The van der Waals surface area contributed by atoms with Crippen molar-refractivity contribution in [2.75, 3.05) is 13.1 Å². The summed E-state index contributed by atoms with van der Waals surface area (Å²) in [4.78, 5) is 10.5. The molecule has 0 atom stereocenters. The van der Waals surface area contributed by atoms with E-state index in [0.717, 1.165) is 15.6 Å². The number of aliphatic carboxylic acids is 1. The van der Waals surface area contributed by atoms with E-state index in [1.807, 2.05) is 0 Å². The van der Waals surface area contributed by atoms with Crippen LogP contribution in [0.3, 0.4) is 0 Å². The largest absolute Gasteiger partial charge is 0.481 e. The first-order chi connectivity index (χ1) is 7.82. The van der Waals surface area contributed by atoms with E-state index in [1.165, 1.54) is 6.07 Å². The number of carboxylic acids is 1. The van der Waals surface area contributed by atoms with Gasteiger partial charge in [0.2, 0.25) is 10.0 Å². The van der Waals surface area contributed by atoms with Gasteiger partial charge in [-0.05, 0) is 6.07 Å². The van der Waals surface area contributed by atoms with Crippen LogP contribution >= 0.6 is 34.5 Å². The van der Waals surface area contributed by atoms with Crippen LogP contribution in [0.2, 0.25) is 8.67 Å². The van der Waals surface area contributed by atoms with Crippen molar-refractivity contribution in [2.45, 2.75) is 4.90 Å². The molecule has 0 aliphatic carbocycles. The van der Waals surface area contributed by atoms with Crippen LogP contribution in [0.5, 0.6) is 0 Å². The van der Waals surface area contributed by atoms with Crippen LogP contribution in [-0.2, 0) is 14.8 Å². The van der Waals surface area contributed by atoms with Crippen LogP contribution in [0.25, 0.3) is 0 Å². The Morgan fingerprint density at radius 3 is 2.47 bits per heavy atom. The van der Waals surface area contributed by atoms with Gasteiger partial charge in [0.1, 0.15) is 9.23 Å². The fourth-order valence-electron chi connectivity index (χ4n) is 1.43. The number of thiophene rings is 1. The molecule has 1 fully saturated rings. The van der Waals surface area contributed by atoms with Gasteiger partial charge < -0.3 is 5.11 Å². The lowest BCUT2D eigenvalue weighted by atomic mass is 10.0. The summed E-state index contributed by atoms with van der Waals surface area (Å²) in [6.45, 7) is -0.0527. The third kappa shape index (κ3) is 2.30. The molecule has 0 amide bonds. The van der Waals surface area contributed by atoms with Gasteiger partial charge in [0.25, 0.3) is 0 Å². The summed E-state index contributed by atoms with van der Waals surface area (Å²) in [5.74, 6) is -1.64. The van der Waals surface area contributed by atoms with Crippen LogP contribution in [0.4, 0.5) is 0 Å². The minimum Gasteiger partial charge on any atom is -0.481 e. The molecule has 1 aliphatic rings. The summed E-state index contributed by atoms with van der Waals surface area (Å²) in [7, 11) is -3.71. The topological polar surface area (TPSA) is 74.7 Å². The molecule has 2 heterocycles. The maximum absolute atomic E-state index is 12.0. The van der Waals surface area contributed by atoms with Gasteiger partial charge in [-0.15, -0.1) is 11.3 Å². The monoisotopic (exact) mass is 315 g/mol. The van der Waals surface area contributed by atoms with Crippen molar-refractivity contribution in [1.82, 2.24) is 4.31 Å². The van der Waals surface area contributed by atoms with Crippen molar-refractivity contribution in [3.63, 3.8) is 0 Å². The summed E-state index contributed by atoms with van der Waals surface area (Å²) >= 11 is 12.4. The van der Waals surface area contributed by atoms with Crippen LogP contribution in [0.15, 0.2) is 11.0 Å². The van der Waals surface area contributed by atoms with E-state index in [0.29, 0.717) is 0 Å². The highest BCUT2D eigenvalue weighted by atomic mass is 35.5. The minimum absolute atomic E-state index is 0.0263. The fourth-order valence-corrected chi connectivity index (χ4v) is 5.07. The molecule has 1 aliphatic heterocycles. The van der Waals surface area contributed by atoms with Crippen molar-refractivity contribution in [2.24, 2.45) is 5.92 Å². The van der Waals surface area contributed by atoms with Crippen LogP contribution in [-0.4, -0.2) is 36.9 Å². The number of hydrogen-bond acceptors (Lipinski definition) is 4. The summed E-state index contributed by atoms with van der Waals surface area (Å²) < 4.78 is 25.5. The lowest BCUT2D eigenvalue weighted by molar-refractivity contribution is -0.145. The molecule has 1 saturated heterocycles. The molecular formula is C8H7Cl2NO4S2. The van der Waals surface area contributed by atoms with Crippen molar-refractivity contribution in [1.29, 1.82) is 0 Å². The van der Waals surface area contributed by atoms with E-state index < -0.39 is 21.9 Å². The molecular weight excluding hydrogens is 309 g/mol. The van der Waals surface area contributed by atoms with E-state index in [4.69, 9.17) is 28.3 Å². The molecule has 0 spiro atoms. The zero-order valence-electron chi connectivity index (χ0n) is 8.26. The molecule has 0 saturated carbocycles. The molecule has 17 heavy (non-hydrogen) atoms. The summed E-state index contributed by atoms with van der Waals surface area (Å²) in [6.07, 6.45) is 0. The van der Waals surface area contributed by atoms with Gasteiger partial charge in [-0.25, -0.2) is 8.42 Å². The number of hydrogen-bond donors (Lipinski definition) is 1. The normalized spacial score (nSPS) is 18.0. The Morgan fingerprint density at radius 2 is 2.06 bits per heavy atom. The van der Waals surface area contributed by atoms with Gasteiger partial charge >= 0.3 is 5.97 Å². The number of halogens is 2. The van der Waals surface area contributed by atoms with Gasteiger partial charge in [-0.3, -0.25) is 4.79 Å². The summed E-state index contributed by atoms with van der Waals surface area (Å²) in [5, 5.41) is 8.68.